The third-order valence-electron chi connectivity index (χ3n) is 5.26. The van der Waals surface area contributed by atoms with Gasteiger partial charge in [0.2, 0.25) is 5.95 Å². The van der Waals surface area contributed by atoms with E-state index in [-0.39, 0.29) is 5.91 Å². The minimum absolute atomic E-state index is 0.00283. The van der Waals surface area contributed by atoms with Gasteiger partial charge in [0, 0.05) is 45.5 Å². The van der Waals surface area contributed by atoms with Crippen LogP contribution in [0.4, 0.5) is 11.8 Å². The first-order valence-electron chi connectivity index (χ1n) is 9.59. The topological polar surface area (TPSA) is 52.6 Å². The number of benzene rings is 1. The van der Waals surface area contributed by atoms with E-state index in [9.17, 15) is 4.79 Å². The second-order valence-electron chi connectivity index (χ2n) is 7.02. The zero-order chi connectivity index (χ0) is 18.6. The molecule has 0 saturated carbocycles. The molecule has 6 nitrogen and oxygen atoms in total. The van der Waals surface area contributed by atoms with E-state index in [0.717, 1.165) is 37.9 Å². The lowest BCUT2D eigenvalue weighted by Gasteiger charge is -2.36. The van der Waals surface area contributed by atoms with Crippen LogP contribution >= 0.6 is 11.6 Å². The van der Waals surface area contributed by atoms with Crippen LogP contribution in [0.15, 0.2) is 36.5 Å². The van der Waals surface area contributed by atoms with Gasteiger partial charge in [-0.25, -0.2) is 4.98 Å². The van der Waals surface area contributed by atoms with E-state index in [2.05, 4.69) is 14.8 Å². The van der Waals surface area contributed by atoms with Crippen molar-refractivity contribution in [1.82, 2.24) is 14.9 Å². The number of hydrogen-bond donors (Lipinski definition) is 0. The molecule has 27 heavy (non-hydrogen) atoms. The summed E-state index contributed by atoms with van der Waals surface area (Å²) in [5.74, 6) is 1.76. The molecule has 1 aromatic heterocycles. The highest BCUT2D eigenvalue weighted by atomic mass is 35.5. The Morgan fingerprint density at radius 2 is 1.63 bits per heavy atom. The molecule has 4 rings (SSSR count). The van der Waals surface area contributed by atoms with Gasteiger partial charge in [0.05, 0.1) is 10.6 Å². The van der Waals surface area contributed by atoms with Crippen LogP contribution in [0.1, 0.15) is 29.6 Å². The number of aromatic nitrogens is 2. The van der Waals surface area contributed by atoms with E-state index in [4.69, 9.17) is 16.6 Å². The minimum atomic E-state index is -0.00283. The van der Waals surface area contributed by atoms with Crippen LogP contribution in [0.5, 0.6) is 0 Å². The van der Waals surface area contributed by atoms with Gasteiger partial charge in [-0.15, -0.1) is 0 Å². The molecule has 7 heteroatoms. The van der Waals surface area contributed by atoms with Crippen LogP contribution in [-0.2, 0) is 0 Å². The van der Waals surface area contributed by atoms with Gasteiger partial charge >= 0.3 is 0 Å². The lowest BCUT2D eigenvalue weighted by molar-refractivity contribution is 0.0746. The number of anilines is 2. The Balaban J connectivity index is 1.40. The molecule has 2 aliphatic rings. The van der Waals surface area contributed by atoms with Crippen molar-refractivity contribution >= 4 is 29.3 Å². The number of carbonyl (C=O) groups is 1. The first kappa shape index (κ1) is 18.0. The molecule has 1 aromatic carbocycles. The van der Waals surface area contributed by atoms with Crippen LogP contribution in [0.3, 0.4) is 0 Å². The summed E-state index contributed by atoms with van der Waals surface area (Å²) in [7, 11) is 0. The molecule has 1 amide bonds. The van der Waals surface area contributed by atoms with Gasteiger partial charge in [-0.05, 0) is 37.5 Å². The maximum Gasteiger partial charge on any atom is 0.255 e. The van der Waals surface area contributed by atoms with Gasteiger partial charge in [-0.1, -0.05) is 23.7 Å². The Bertz CT molecular complexity index is 800. The van der Waals surface area contributed by atoms with Crippen molar-refractivity contribution in [2.45, 2.75) is 19.3 Å². The standard InChI is InChI=1S/C20H24ClN5O/c21-17-7-3-2-6-16(17)19(27)25-14-12-24(13-15-25)18-8-9-22-20(23-18)26-10-4-1-5-11-26/h2-3,6-9H,1,4-5,10-15H2. The smallest absolute Gasteiger partial charge is 0.255 e. The highest BCUT2D eigenvalue weighted by molar-refractivity contribution is 6.33. The number of rotatable bonds is 3. The SMILES string of the molecule is O=C(c1ccccc1Cl)N1CCN(c2ccnc(N3CCCCC3)n2)CC1. The molecular weight excluding hydrogens is 362 g/mol. The number of halogens is 1. The molecule has 0 bridgehead atoms. The van der Waals surface area contributed by atoms with Gasteiger partial charge in [0.25, 0.3) is 5.91 Å². The molecule has 2 fully saturated rings. The summed E-state index contributed by atoms with van der Waals surface area (Å²) in [4.78, 5) is 28.3. The largest absolute Gasteiger partial charge is 0.353 e. The molecule has 3 heterocycles. The molecule has 142 valence electrons. The Morgan fingerprint density at radius 1 is 0.889 bits per heavy atom. The predicted molar refractivity (Wildman–Crippen MR) is 108 cm³/mol. The van der Waals surface area contributed by atoms with Crippen molar-refractivity contribution in [3.8, 4) is 0 Å². The normalized spacial score (nSPS) is 17.9. The van der Waals surface area contributed by atoms with Crippen molar-refractivity contribution in [3.63, 3.8) is 0 Å². The molecule has 0 atom stereocenters. The molecule has 0 spiro atoms. The lowest BCUT2D eigenvalue weighted by Crippen LogP contribution is -2.49. The van der Waals surface area contributed by atoms with Gasteiger partial charge in [0.1, 0.15) is 5.82 Å². The van der Waals surface area contributed by atoms with Crippen LogP contribution in [0.2, 0.25) is 5.02 Å². The Hall–Kier alpha value is -2.34. The van der Waals surface area contributed by atoms with Crippen LogP contribution < -0.4 is 9.80 Å². The molecule has 0 N–H and O–H groups in total. The Labute approximate surface area is 164 Å². The minimum Gasteiger partial charge on any atom is -0.353 e. The van der Waals surface area contributed by atoms with E-state index < -0.39 is 0 Å². The average molecular weight is 386 g/mol. The summed E-state index contributed by atoms with van der Waals surface area (Å²) in [6.45, 7) is 4.90. The molecule has 2 saturated heterocycles. The van der Waals surface area contributed by atoms with Gasteiger partial charge in [0.15, 0.2) is 0 Å². The van der Waals surface area contributed by atoms with Gasteiger partial charge in [-0.2, -0.15) is 4.98 Å². The number of carbonyl (C=O) groups excluding carboxylic acids is 1. The fourth-order valence-corrected chi connectivity index (χ4v) is 3.92. The monoisotopic (exact) mass is 385 g/mol. The number of piperazine rings is 1. The maximum atomic E-state index is 12.7. The van der Waals surface area contributed by atoms with Gasteiger partial charge < -0.3 is 14.7 Å². The van der Waals surface area contributed by atoms with Crippen molar-refractivity contribution in [2.24, 2.45) is 0 Å². The van der Waals surface area contributed by atoms with E-state index in [1.165, 1.54) is 19.3 Å². The summed E-state index contributed by atoms with van der Waals surface area (Å²) in [6.07, 6.45) is 5.54. The molecule has 2 aromatic rings. The quantitative estimate of drug-likeness (QED) is 0.812. The molecule has 0 radical (unpaired) electrons. The summed E-state index contributed by atoms with van der Waals surface area (Å²) in [5, 5.41) is 0.506. The van der Waals surface area contributed by atoms with Crippen molar-refractivity contribution in [1.29, 1.82) is 0 Å². The average Bonchev–Trinajstić information content (AvgIpc) is 2.74. The summed E-state index contributed by atoms with van der Waals surface area (Å²) >= 11 is 6.17. The van der Waals surface area contributed by atoms with Crippen LogP contribution in [0.25, 0.3) is 0 Å². The lowest BCUT2D eigenvalue weighted by atomic mass is 10.1. The zero-order valence-electron chi connectivity index (χ0n) is 15.4. The molecule has 2 aliphatic heterocycles. The van der Waals surface area contributed by atoms with Crippen molar-refractivity contribution in [2.75, 3.05) is 49.1 Å². The van der Waals surface area contributed by atoms with Crippen molar-refractivity contribution in [3.05, 3.63) is 47.1 Å². The first-order valence-corrected chi connectivity index (χ1v) is 9.97. The second kappa shape index (κ2) is 8.13. The number of hydrogen-bond acceptors (Lipinski definition) is 5. The molecule has 0 unspecified atom stereocenters. The molecular formula is C20H24ClN5O. The Kier molecular flexibility index (Phi) is 5.43. The zero-order valence-corrected chi connectivity index (χ0v) is 16.1. The Morgan fingerprint density at radius 3 is 2.37 bits per heavy atom. The van der Waals surface area contributed by atoms with E-state index in [0.29, 0.717) is 23.7 Å². The summed E-state index contributed by atoms with van der Waals surface area (Å²) in [6, 6.07) is 9.18. The predicted octanol–water partition coefficient (Wildman–Crippen LogP) is 3.08. The second-order valence-corrected chi connectivity index (χ2v) is 7.43. The van der Waals surface area contributed by atoms with E-state index >= 15 is 0 Å². The fraction of sp³-hybridized carbons (Fsp3) is 0.450. The molecule has 0 aliphatic carbocycles. The highest BCUT2D eigenvalue weighted by Gasteiger charge is 2.24. The first-order chi connectivity index (χ1) is 13.2. The van der Waals surface area contributed by atoms with Crippen molar-refractivity contribution < 1.29 is 4.79 Å². The number of amides is 1. The summed E-state index contributed by atoms with van der Waals surface area (Å²) in [5.41, 5.74) is 0.571. The van der Waals surface area contributed by atoms with Crippen LogP contribution in [-0.4, -0.2) is 60.0 Å². The summed E-state index contributed by atoms with van der Waals surface area (Å²) < 4.78 is 0. The third kappa shape index (κ3) is 4.00. The number of nitrogens with zero attached hydrogens (tertiary/aromatic N) is 5. The third-order valence-corrected chi connectivity index (χ3v) is 5.59. The van der Waals surface area contributed by atoms with E-state index in [1.807, 2.05) is 29.3 Å². The maximum absolute atomic E-state index is 12.7. The van der Waals surface area contributed by atoms with E-state index in [1.54, 1.807) is 12.1 Å². The number of piperidine rings is 1. The van der Waals surface area contributed by atoms with Crippen LogP contribution in [0, 0.1) is 0 Å². The fourth-order valence-electron chi connectivity index (χ4n) is 3.71. The van der Waals surface area contributed by atoms with Gasteiger partial charge in [-0.3, -0.25) is 4.79 Å². The highest BCUT2D eigenvalue weighted by Crippen LogP contribution is 2.22.